The van der Waals surface area contributed by atoms with E-state index in [4.69, 9.17) is 21.1 Å². The minimum atomic E-state index is 0.158. The molecule has 146 valence electrons. The minimum Gasteiger partial charge on any atom is -0.497 e. The fourth-order valence-electron chi connectivity index (χ4n) is 3.42. The van der Waals surface area contributed by atoms with Crippen molar-refractivity contribution < 1.29 is 9.47 Å². The van der Waals surface area contributed by atoms with Crippen LogP contribution in [0.2, 0.25) is 5.02 Å². The number of nitrogens with one attached hydrogen (secondary N) is 1. The lowest BCUT2D eigenvalue weighted by atomic mass is 10.1. The van der Waals surface area contributed by atoms with Crippen LogP contribution in [0.25, 0.3) is 10.9 Å². The lowest BCUT2D eigenvalue weighted by Gasteiger charge is -2.29. The summed E-state index contributed by atoms with van der Waals surface area (Å²) < 4.78 is 11.9. The molecule has 1 saturated heterocycles. The SMILES string of the molecule is COc1cc(OC2CCN(C)CC2)c2c(Nc3cccc(Cl)c3)ncnc2c1. The molecule has 2 aromatic carbocycles. The number of fused-ring (bicyclic) bond motifs is 1. The van der Waals surface area contributed by atoms with Gasteiger partial charge < -0.3 is 19.7 Å². The molecule has 4 rings (SSSR count). The number of piperidine rings is 1. The summed E-state index contributed by atoms with van der Waals surface area (Å²) in [4.78, 5) is 11.2. The van der Waals surface area contributed by atoms with Gasteiger partial charge >= 0.3 is 0 Å². The van der Waals surface area contributed by atoms with Crippen LogP contribution in [-0.4, -0.2) is 48.2 Å². The van der Waals surface area contributed by atoms with Crippen LogP contribution in [0.15, 0.2) is 42.7 Å². The van der Waals surface area contributed by atoms with Crippen molar-refractivity contribution in [3.63, 3.8) is 0 Å². The maximum absolute atomic E-state index is 6.41. The number of aromatic nitrogens is 2. The average molecular weight is 399 g/mol. The Morgan fingerprint density at radius 1 is 1.14 bits per heavy atom. The fourth-order valence-corrected chi connectivity index (χ4v) is 3.61. The standard InChI is InChI=1S/C21H23ClN4O2/c1-26-8-6-16(7-9-26)28-19-12-17(27-2)11-18-20(19)21(24-13-23-18)25-15-5-3-4-14(22)10-15/h3-5,10-13,16H,6-9H2,1-2H3,(H,23,24,25). The summed E-state index contributed by atoms with van der Waals surface area (Å²) in [5, 5.41) is 4.84. The molecule has 2 heterocycles. The molecule has 28 heavy (non-hydrogen) atoms. The van der Waals surface area contributed by atoms with E-state index in [0.717, 1.165) is 48.3 Å². The van der Waals surface area contributed by atoms with Gasteiger partial charge in [-0.1, -0.05) is 17.7 Å². The molecular formula is C21H23ClN4O2. The van der Waals surface area contributed by atoms with E-state index in [1.54, 1.807) is 7.11 Å². The van der Waals surface area contributed by atoms with Gasteiger partial charge in [0.2, 0.25) is 0 Å². The van der Waals surface area contributed by atoms with Crippen molar-refractivity contribution in [1.29, 1.82) is 0 Å². The molecule has 3 aromatic rings. The van der Waals surface area contributed by atoms with E-state index < -0.39 is 0 Å². The van der Waals surface area contributed by atoms with Gasteiger partial charge in [-0.3, -0.25) is 0 Å². The Hall–Kier alpha value is -2.57. The largest absolute Gasteiger partial charge is 0.497 e. The van der Waals surface area contributed by atoms with Crippen LogP contribution in [-0.2, 0) is 0 Å². The zero-order valence-electron chi connectivity index (χ0n) is 16.0. The lowest BCUT2D eigenvalue weighted by molar-refractivity contribution is 0.115. The third kappa shape index (κ3) is 4.13. The highest BCUT2D eigenvalue weighted by atomic mass is 35.5. The number of hydrogen-bond acceptors (Lipinski definition) is 6. The number of likely N-dealkylation sites (tertiary alicyclic amines) is 1. The predicted molar refractivity (Wildman–Crippen MR) is 112 cm³/mol. The number of methoxy groups -OCH3 is 1. The molecule has 0 bridgehead atoms. The molecule has 1 N–H and O–H groups in total. The first-order chi connectivity index (χ1) is 13.6. The molecule has 0 amide bonds. The summed E-state index contributed by atoms with van der Waals surface area (Å²) in [6.45, 7) is 2.05. The first kappa shape index (κ1) is 18.8. The zero-order valence-corrected chi connectivity index (χ0v) is 16.7. The van der Waals surface area contributed by atoms with Gasteiger partial charge in [-0.2, -0.15) is 0 Å². The number of benzene rings is 2. The van der Waals surface area contributed by atoms with Crippen molar-refractivity contribution in [2.45, 2.75) is 18.9 Å². The van der Waals surface area contributed by atoms with E-state index in [9.17, 15) is 0 Å². The van der Waals surface area contributed by atoms with Crippen LogP contribution in [0.1, 0.15) is 12.8 Å². The topological polar surface area (TPSA) is 59.5 Å². The number of anilines is 2. The number of ether oxygens (including phenoxy) is 2. The number of rotatable bonds is 5. The molecule has 6 nitrogen and oxygen atoms in total. The van der Waals surface area contributed by atoms with Gasteiger partial charge in [0.15, 0.2) is 0 Å². The van der Waals surface area contributed by atoms with Crippen LogP contribution < -0.4 is 14.8 Å². The third-order valence-corrected chi connectivity index (χ3v) is 5.19. The summed E-state index contributed by atoms with van der Waals surface area (Å²) >= 11 is 6.12. The van der Waals surface area contributed by atoms with Gasteiger partial charge in [0.05, 0.1) is 18.0 Å². The van der Waals surface area contributed by atoms with E-state index in [1.807, 2.05) is 36.4 Å². The molecule has 1 aliphatic heterocycles. The van der Waals surface area contributed by atoms with Crippen LogP contribution >= 0.6 is 11.6 Å². The Kier molecular flexibility index (Phi) is 5.50. The summed E-state index contributed by atoms with van der Waals surface area (Å²) in [6, 6.07) is 11.3. The Morgan fingerprint density at radius 3 is 2.71 bits per heavy atom. The van der Waals surface area contributed by atoms with Crippen molar-refractivity contribution in [3.8, 4) is 11.5 Å². The zero-order chi connectivity index (χ0) is 19.5. The van der Waals surface area contributed by atoms with Gasteiger partial charge in [-0.25, -0.2) is 9.97 Å². The quantitative estimate of drug-likeness (QED) is 0.682. The number of nitrogens with zero attached hydrogens (tertiary/aromatic N) is 3. The van der Waals surface area contributed by atoms with Gasteiger partial charge in [0.25, 0.3) is 0 Å². The molecule has 0 unspecified atom stereocenters. The van der Waals surface area contributed by atoms with Crippen LogP contribution in [0.4, 0.5) is 11.5 Å². The smallest absolute Gasteiger partial charge is 0.145 e. The highest BCUT2D eigenvalue weighted by molar-refractivity contribution is 6.30. The van der Waals surface area contributed by atoms with E-state index in [1.165, 1.54) is 6.33 Å². The minimum absolute atomic E-state index is 0.158. The maximum Gasteiger partial charge on any atom is 0.145 e. The van der Waals surface area contributed by atoms with Gasteiger partial charge in [0.1, 0.15) is 29.7 Å². The van der Waals surface area contributed by atoms with Crippen LogP contribution in [0.5, 0.6) is 11.5 Å². The predicted octanol–water partition coefficient (Wildman–Crippen LogP) is 4.51. The molecular weight excluding hydrogens is 376 g/mol. The van der Waals surface area contributed by atoms with E-state index in [2.05, 4.69) is 27.2 Å². The normalized spacial score (nSPS) is 15.5. The van der Waals surface area contributed by atoms with Crippen molar-refractivity contribution >= 4 is 34.0 Å². The molecule has 0 radical (unpaired) electrons. The highest BCUT2D eigenvalue weighted by Gasteiger charge is 2.21. The fraction of sp³-hybridized carbons (Fsp3) is 0.333. The van der Waals surface area contributed by atoms with E-state index >= 15 is 0 Å². The van der Waals surface area contributed by atoms with Crippen molar-refractivity contribution in [2.24, 2.45) is 0 Å². The lowest BCUT2D eigenvalue weighted by Crippen LogP contribution is -2.35. The maximum atomic E-state index is 6.41. The number of halogens is 1. The van der Waals surface area contributed by atoms with Crippen LogP contribution in [0, 0.1) is 0 Å². The second-order valence-corrected chi connectivity index (χ2v) is 7.43. The summed E-state index contributed by atoms with van der Waals surface area (Å²) in [5.41, 5.74) is 1.62. The summed E-state index contributed by atoms with van der Waals surface area (Å²) in [5.74, 6) is 2.12. The first-order valence-corrected chi connectivity index (χ1v) is 9.70. The van der Waals surface area contributed by atoms with Crippen molar-refractivity contribution in [1.82, 2.24) is 14.9 Å². The average Bonchev–Trinajstić information content (AvgIpc) is 2.69. The monoisotopic (exact) mass is 398 g/mol. The third-order valence-electron chi connectivity index (χ3n) is 4.96. The molecule has 1 fully saturated rings. The Labute approximate surface area is 169 Å². The summed E-state index contributed by atoms with van der Waals surface area (Å²) in [7, 11) is 3.78. The van der Waals surface area contributed by atoms with Crippen molar-refractivity contribution in [2.75, 3.05) is 32.6 Å². The molecule has 1 aromatic heterocycles. The van der Waals surface area contributed by atoms with Crippen molar-refractivity contribution in [3.05, 3.63) is 47.7 Å². The van der Waals surface area contributed by atoms with Crippen LogP contribution in [0.3, 0.4) is 0 Å². The Morgan fingerprint density at radius 2 is 1.96 bits per heavy atom. The second kappa shape index (κ2) is 8.20. The van der Waals surface area contributed by atoms with E-state index in [0.29, 0.717) is 16.6 Å². The molecule has 0 spiro atoms. The Bertz CT molecular complexity index is 974. The first-order valence-electron chi connectivity index (χ1n) is 9.33. The van der Waals surface area contributed by atoms with Gasteiger partial charge in [0, 0.05) is 35.9 Å². The second-order valence-electron chi connectivity index (χ2n) is 7.00. The Balaban J connectivity index is 1.73. The van der Waals surface area contributed by atoms with Gasteiger partial charge in [-0.05, 0) is 38.1 Å². The molecule has 1 aliphatic rings. The molecule has 7 heteroatoms. The highest BCUT2D eigenvalue weighted by Crippen LogP contribution is 2.36. The molecule has 0 atom stereocenters. The molecule has 0 saturated carbocycles. The number of hydrogen-bond donors (Lipinski definition) is 1. The molecule has 0 aliphatic carbocycles. The van der Waals surface area contributed by atoms with Gasteiger partial charge in [-0.15, -0.1) is 0 Å². The van der Waals surface area contributed by atoms with E-state index in [-0.39, 0.29) is 6.10 Å². The summed E-state index contributed by atoms with van der Waals surface area (Å²) in [6.07, 6.45) is 3.67.